The molecule has 0 aliphatic carbocycles. The molecule has 0 radical (unpaired) electrons. The Balaban J connectivity index is 2.11. The van der Waals surface area contributed by atoms with Gasteiger partial charge in [0.05, 0.1) is 37.1 Å². The molecule has 0 amide bonds. The first-order valence-corrected chi connectivity index (χ1v) is 7.97. The molecule has 2 aromatic rings. The van der Waals surface area contributed by atoms with Crippen LogP contribution in [0, 0.1) is 0 Å². The van der Waals surface area contributed by atoms with E-state index in [1.165, 1.54) is 5.69 Å². The van der Waals surface area contributed by atoms with Gasteiger partial charge in [0.25, 0.3) is 0 Å². The Kier molecular flexibility index (Phi) is 4.24. The maximum atomic E-state index is 6.10. The van der Waals surface area contributed by atoms with Gasteiger partial charge in [0.15, 0.2) is 0 Å². The zero-order valence-corrected chi connectivity index (χ0v) is 14.2. The molecule has 1 aliphatic rings. The summed E-state index contributed by atoms with van der Waals surface area (Å²) in [7, 11) is 1.61. The average molecular weight is 372 g/mol. The molecule has 1 atom stereocenters. The molecule has 0 saturated carbocycles. The highest BCUT2D eigenvalue weighted by atomic mass is 79.9. The van der Waals surface area contributed by atoms with E-state index in [0.717, 1.165) is 35.6 Å². The number of halogens is 2. The van der Waals surface area contributed by atoms with Crippen LogP contribution in [-0.4, -0.2) is 29.4 Å². The fourth-order valence-corrected chi connectivity index (χ4v) is 3.35. The number of rotatable bonds is 2. The summed E-state index contributed by atoms with van der Waals surface area (Å²) in [5.74, 6) is 1.56. The number of aromatic nitrogens is 2. The Bertz CT molecular complexity index is 672. The topological polar surface area (TPSA) is 36.3 Å². The van der Waals surface area contributed by atoms with E-state index < -0.39 is 0 Å². The number of imidazole rings is 1. The number of nitrogens with zero attached hydrogens (tertiary/aromatic N) is 2. The third-order valence-corrected chi connectivity index (χ3v) is 4.56. The van der Waals surface area contributed by atoms with Crippen molar-refractivity contribution >= 4 is 27.5 Å². The van der Waals surface area contributed by atoms with Crippen molar-refractivity contribution in [3.05, 3.63) is 33.5 Å². The van der Waals surface area contributed by atoms with Crippen LogP contribution in [0.4, 0.5) is 0 Å². The molecule has 0 N–H and O–H groups in total. The van der Waals surface area contributed by atoms with E-state index in [2.05, 4.69) is 32.4 Å². The molecule has 112 valence electrons. The van der Waals surface area contributed by atoms with Gasteiger partial charge in [-0.25, -0.2) is 4.98 Å². The van der Waals surface area contributed by atoms with Crippen LogP contribution in [0.15, 0.2) is 22.8 Å². The van der Waals surface area contributed by atoms with E-state index in [4.69, 9.17) is 21.1 Å². The maximum Gasteiger partial charge on any atom is 0.141 e. The van der Waals surface area contributed by atoms with Crippen LogP contribution < -0.4 is 4.74 Å². The van der Waals surface area contributed by atoms with E-state index in [1.54, 1.807) is 7.11 Å². The predicted octanol–water partition coefficient (Wildman–Crippen LogP) is 3.94. The number of benzene rings is 1. The highest BCUT2D eigenvalue weighted by Gasteiger charge is 2.22. The molecule has 1 aromatic carbocycles. The summed E-state index contributed by atoms with van der Waals surface area (Å²) in [6, 6.07) is 5.71. The standard InChI is InChI=1S/C15H16BrClN2O2/c1-9-8-19-12(5-6-21-9)14(16)18-15(19)10-3-4-11(17)13(7-10)20-2/h3-4,7,9H,5-6,8H2,1-2H3. The minimum Gasteiger partial charge on any atom is -0.495 e. The Morgan fingerprint density at radius 3 is 3.05 bits per heavy atom. The Hall–Kier alpha value is -1.04. The molecule has 0 fully saturated rings. The third-order valence-electron chi connectivity index (χ3n) is 3.61. The predicted molar refractivity (Wildman–Crippen MR) is 86.0 cm³/mol. The summed E-state index contributed by atoms with van der Waals surface area (Å²) in [6.07, 6.45) is 1.02. The lowest BCUT2D eigenvalue weighted by Crippen LogP contribution is -2.14. The molecule has 3 rings (SSSR count). The highest BCUT2D eigenvalue weighted by molar-refractivity contribution is 9.10. The second kappa shape index (κ2) is 5.99. The molecule has 1 aliphatic heterocycles. The van der Waals surface area contributed by atoms with Crippen molar-refractivity contribution in [1.29, 1.82) is 0 Å². The third kappa shape index (κ3) is 2.82. The summed E-state index contributed by atoms with van der Waals surface area (Å²) < 4.78 is 14.1. The number of fused-ring (bicyclic) bond motifs is 1. The minimum atomic E-state index is 0.167. The second-order valence-corrected chi connectivity index (χ2v) is 6.22. The lowest BCUT2D eigenvalue weighted by atomic mass is 10.2. The van der Waals surface area contributed by atoms with Gasteiger partial charge < -0.3 is 14.0 Å². The first kappa shape index (κ1) is 14.9. The zero-order valence-electron chi connectivity index (χ0n) is 11.9. The van der Waals surface area contributed by atoms with Gasteiger partial charge in [0, 0.05) is 12.0 Å². The van der Waals surface area contributed by atoms with E-state index in [0.29, 0.717) is 10.8 Å². The van der Waals surface area contributed by atoms with Crippen molar-refractivity contribution in [2.24, 2.45) is 0 Å². The normalized spacial score (nSPS) is 18.2. The molecule has 21 heavy (non-hydrogen) atoms. The SMILES string of the molecule is COc1cc(-c2nc(Br)c3n2CC(C)OCC3)ccc1Cl. The van der Waals surface area contributed by atoms with E-state index in [1.807, 2.05) is 18.2 Å². The second-order valence-electron chi connectivity index (χ2n) is 5.06. The van der Waals surface area contributed by atoms with Gasteiger partial charge in [-0.1, -0.05) is 11.6 Å². The van der Waals surface area contributed by atoms with Gasteiger partial charge in [-0.05, 0) is 41.1 Å². The molecular formula is C15H16BrClN2O2. The number of ether oxygens (including phenoxy) is 2. The smallest absolute Gasteiger partial charge is 0.141 e. The van der Waals surface area contributed by atoms with Crippen LogP contribution in [0.25, 0.3) is 11.4 Å². The summed E-state index contributed by atoms with van der Waals surface area (Å²) in [6.45, 7) is 3.58. The molecule has 1 aromatic heterocycles. The molecule has 0 bridgehead atoms. The van der Waals surface area contributed by atoms with Crippen LogP contribution in [0.1, 0.15) is 12.6 Å². The Morgan fingerprint density at radius 1 is 1.48 bits per heavy atom. The summed E-state index contributed by atoms with van der Waals surface area (Å²) in [5, 5.41) is 0.597. The van der Waals surface area contributed by atoms with Gasteiger partial charge in [-0.2, -0.15) is 0 Å². The largest absolute Gasteiger partial charge is 0.495 e. The van der Waals surface area contributed by atoms with Crippen molar-refractivity contribution in [3.8, 4) is 17.1 Å². The van der Waals surface area contributed by atoms with Crippen LogP contribution in [-0.2, 0) is 17.7 Å². The quantitative estimate of drug-likeness (QED) is 0.802. The van der Waals surface area contributed by atoms with Crippen molar-refractivity contribution in [1.82, 2.24) is 9.55 Å². The van der Waals surface area contributed by atoms with E-state index >= 15 is 0 Å². The van der Waals surface area contributed by atoms with Crippen molar-refractivity contribution in [3.63, 3.8) is 0 Å². The van der Waals surface area contributed by atoms with Gasteiger partial charge in [0.2, 0.25) is 0 Å². The summed E-state index contributed by atoms with van der Waals surface area (Å²) in [4.78, 5) is 4.67. The van der Waals surface area contributed by atoms with Crippen molar-refractivity contribution in [2.75, 3.05) is 13.7 Å². The fraction of sp³-hybridized carbons (Fsp3) is 0.400. The average Bonchev–Trinajstić information content (AvgIpc) is 2.65. The van der Waals surface area contributed by atoms with Crippen molar-refractivity contribution < 1.29 is 9.47 Å². The van der Waals surface area contributed by atoms with E-state index in [9.17, 15) is 0 Å². The molecule has 1 unspecified atom stereocenters. The van der Waals surface area contributed by atoms with Gasteiger partial charge in [-0.15, -0.1) is 0 Å². The number of hydrogen-bond acceptors (Lipinski definition) is 3. The zero-order chi connectivity index (χ0) is 15.0. The molecule has 0 saturated heterocycles. The van der Waals surface area contributed by atoms with Crippen LogP contribution in [0.3, 0.4) is 0 Å². The lowest BCUT2D eigenvalue weighted by molar-refractivity contribution is 0.0666. The lowest BCUT2D eigenvalue weighted by Gasteiger charge is -2.13. The first-order chi connectivity index (χ1) is 10.1. The van der Waals surface area contributed by atoms with Gasteiger partial charge in [-0.3, -0.25) is 0 Å². The molecule has 6 heteroatoms. The number of hydrogen-bond donors (Lipinski definition) is 0. The highest BCUT2D eigenvalue weighted by Crippen LogP contribution is 2.33. The molecule has 4 nitrogen and oxygen atoms in total. The van der Waals surface area contributed by atoms with Gasteiger partial charge in [0.1, 0.15) is 16.2 Å². The molecule has 2 heterocycles. The first-order valence-electron chi connectivity index (χ1n) is 6.80. The fourth-order valence-electron chi connectivity index (χ4n) is 2.58. The summed E-state index contributed by atoms with van der Waals surface area (Å²) in [5.41, 5.74) is 2.15. The maximum absolute atomic E-state index is 6.10. The molecular weight excluding hydrogens is 356 g/mol. The number of methoxy groups -OCH3 is 1. The van der Waals surface area contributed by atoms with Crippen LogP contribution >= 0.6 is 27.5 Å². The van der Waals surface area contributed by atoms with Gasteiger partial charge >= 0.3 is 0 Å². The van der Waals surface area contributed by atoms with Crippen LogP contribution in [0.5, 0.6) is 5.75 Å². The van der Waals surface area contributed by atoms with E-state index in [-0.39, 0.29) is 6.10 Å². The minimum absolute atomic E-state index is 0.167. The Labute approximate surface area is 137 Å². The molecule has 0 spiro atoms. The monoisotopic (exact) mass is 370 g/mol. The van der Waals surface area contributed by atoms with Crippen LogP contribution in [0.2, 0.25) is 5.02 Å². The Morgan fingerprint density at radius 2 is 2.29 bits per heavy atom. The van der Waals surface area contributed by atoms with Crippen molar-refractivity contribution in [2.45, 2.75) is 26.0 Å². The summed E-state index contributed by atoms with van der Waals surface area (Å²) >= 11 is 9.66.